The predicted molar refractivity (Wildman–Crippen MR) is 93.2 cm³/mol. The summed E-state index contributed by atoms with van der Waals surface area (Å²) in [4.78, 5) is 16.3. The van der Waals surface area contributed by atoms with Crippen molar-refractivity contribution < 1.29 is 9.53 Å². The molecule has 24 heavy (non-hydrogen) atoms. The van der Waals surface area contributed by atoms with Crippen LogP contribution in [-0.2, 0) is 0 Å². The monoisotopic (exact) mass is 323 g/mol. The van der Waals surface area contributed by atoms with Crippen molar-refractivity contribution in [1.82, 2.24) is 10.4 Å². The Balaban J connectivity index is 1.58. The van der Waals surface area contributed by atoms with Crippen molar-refractivity contribution in [3.63, 3.8) is 0 Å². The maximum atomic E-state index is 12.2. The highest BCUT2D eigenvalue weighted by Gasteiger charge is 2.16. The van der Waals surface area contributed by atoms with Crippen molar-refractivity contribution in [2.24, 2.45) is 5.10 Å². The van der Waals surface area contributed by atoms with Crippen LogP contribution in [-0.4, -0.2) is 22.7 Å². The molecule has 1 fully saturated rings. The first-order chi connectivity index (χ1) is 11.7. The van der Waals surface area contributed by atoms with Crippen LogP contribution in [0, 0.1) is 0 Å². The number of nitrogens with one attached hydrogen (secondary N) is 1. The molecule has 1 aromatic heterocycles. The molecule has 5 heteroatoms. The molecule has 0 spiro atoms. The van der Waals surface area contributed by atoms with Crippen molar-refractivity contribution in [2.75, 3.05) is 0 Å². The molecule has 3 rings (SSSR count). The van der Waals surface area contributed by atoms with Gasteiger partial charge in [0.05, 0.1) is 17.5 Å². The third-order valence-corrected chi connectivity index (χ3v) is 4.08. The summed E-state index contributed by atoms with van der Waals surface area (Å²) in [6.45, 7) is 1.81. The van der Waals surface area contributed by atoms with Gasteiger partial charge in [0.1, 0.15) is 5.75 Å². The summed E-state index contributed by atoms with van der Waals surface area (Å²) in [6.07, 6.45) is 6.71. The van der Waals surface area contributed by atoms with E-state index in [2.05, 4.69) is 15.5 Å². The molecule has 0 aliphatic heterocycles. The molecular weight excluding hydrogens is 302 g/mol. The number of pyridine rings is 1. The summed E-state index contributed by atoms with van der Waals surface area (Å²) in [5.41, 5.74) is 4.50. The van der Waals surface area contributed by atoms with E-state index < -0.39 is 0 Å². The zero-order valence-corrected chi connectivity index (χ0v) is 13.7. The average molecular weight is 323 g/mol. The Hall–Kier alpha value is -2.69. The van der Waals surface area contributed by atoms with Gasteiger partial charge in [-0.25, -0.2) is 5.43 Å². The van der Waals surface area contributed by atoms with Crippen LogP contribution in [0.3, 0.4) is 0 Å². The van der Waals surface area contributed by atoms with Gasteiger partial charge >= 0.3 is 0 Å². The van der Waals surface area contributed by atoms with Gasteiger partial charge in [0.2, 0.25) is 0 Å². The number of carbonyl (C=O) groups is 1. The number of ether oxygens (including phenoxy) is 1. The van der Waals surface area contributed by atoms with E-state index in [1.54, 1.807) is 25.3 Å². The van der Waals surface area contributed by atoms with Gasteiger partial charge in [-0.3, -0.25) is 9.78 Å². The molecule has 124 valence electrons. The van der Waals surface area contributed by atoms with Crippen LogP contribution in [0.15, 0.2) is 53.8 Å². The van der Waals surface area contributed by atoms with Crippen molar-refractivity contribution in [2.45, 2.75) is 38.7 Å². The topological polar surface area (TPSA) is 63.6 Å². The largest absolute Gasteiger partial charge is 0.490 e. The Bertz CT molecular complexity index is 705. The maximum Gasteiger partial charge on any atom is 0.271 e. The van der Waals surface area contributed by atoms with Gasteiger partial charge < -0.3 is 4.74 Å². The highest BCUT2D eigenvalue weighted by Crippen LogP contribution is 2.24. The van der Waals surface area contributed by atoms with Crippen LogP contribution in [0.5, 0.6) is 5.75 Å². The molecule has 0 radical (unpaired) electrons. The summed E-state index contributed by atoms with van der Waals surface area (Å²) in [7, 11) is 0. The van der Waals surface area contributed by atoms with Gasteiger partial charge in [0.15, 0.2) is 0 Å². The number of hydrazone groups is 1. The Morgan fingerprint density at radius 3 is 2.58 bits per heavy atom. The summed E-state index contributed by atoms with van der Waals surface area (Å²) in [6, 6.07) is 12.7. The number of rotatable bonds is 5. The van der Waals surface area contributed by atoms with E-state index in [1.807, 2.05) is 30.3 Å². The van der Waals surface area contributed by atoms with Gasteiger partial charge in [0, 0.05) is 11.8 Å². The van der Waals surface area contributed by atoms with Gasteiger partial charge in [-0.05, 0) is 69.0 Å². The quantitative estimate of drug-likeness (QED) is 0.676. The summed E-state index contributed by atoms with van der Waals surface area (Å²) in [5, 5.41) is 4.10. The van der Waals surface area contributed by atoms with E-state index in [4.69, 9.17) is 4.74 Å². The van der Waals surface area contributed by atoms with E-state index >= 15 is 0 Å². The third kappa shape index (κ3) is 4.19. The number of benzene rings is 1. The third-order valence-electron chi connectivity index (χ3n) is 4.08. The molecule has 1 heterocycles. The van der Waals surface area contributed by atoms with Crippen molar-refractivity contribution >= 4 is 11.6 Å². The molecule has 1 aromatic carbocycles. The van der Waals surface area contributed by atoms with Gasteiger partial charge in [-0.15, -0.1) is 0 Å². The molecule has 5 nitrogen and oxygen atoms in total. The molecule has 2 aromatic rings. The lowest BCUT2D eigenvalue weighted by Crippen LogP contribution is -2.19. The predicted octanol–water partition coefficient (Wildman–Crippen LogP) is 3.56. The minimum Gasteiger partial charge on any atom is -0.490 e. The molecular formula is C19H21N3O2. The van der Waals surface area contributed by atoms with Crippen LogP contribution in [0.1, 0.15) is 48.7 Å². The molecule has 1 aliphatic rings. The lowest BCUT2D eigenvalue weighted by atomic mass is 10.2. The fraction of sp³-hybridized carbons (Fsp3) is 0.316. The Kier molecular flexibility index (Phi) is 5.21. The van der Waals surface area contributed by atoms with Crippen LogP contribution in [0.25, 0.3) is 0 Å². The van der Waals surface area contributed by atoms with Crippen molar-refractivity contribution in [1.29, 1.82) is 0 Å². The molecule has 1 saturated carbocycles. The number of carbonyl (C=O) groups excluding carboxylic acids is 1. The molecule has 0 atom stereocenters. The lowest BCUT2D eigenvalue weighted by molar-refractivity contribution is 0.0955. The van der Waals surface area contributed by atoms with E-state index in [1.165, 1.54) is 12.8 Å². The van der Waals surface area contributed by atoms with Crippen LogP contribution < -0.4 is 10.2 Å². The standard InChI is InChI=1S/C19H21N3O2/c1-14(18-8-4-5-13-20-18)21-22-19(23)15-9-11-17(12-10-15)24-16-6-2-3-7-16/h4-5,8-13,16H,2-3,6-7H2,1H3,(H,22,23)/b21-14-. The SMILES string of the molecule is C/C(=N/NC(=O)c1ccc(OC2CCCC2)cc1)c1ccccn1. The maximum absolute atomic E-state index is 12.2. The highest BCUT2D eigenvalue weighted by atomic mass is 16.5. The van der Waals surface area contributed by atoms with Crippen molar-refractivity contribution in [3.8, 4) is 5.75 Å². The second-order valence-corrected chi connectivity index (χ2v) is 5.90. The Morgan fingerprint density at radius 1 is 1.17 bits per heavy atom. The van der Waals surface area contributed by atoms with Gasteiger partial charge in [-0.2, -0.15) is 5.10 Å². The van der Waals surface area contributed by atoms with Gasteiger partial charge in [0.25, 0.3) is 5.91 Å². The van der Waals surface area contributed by atoms with Crippen LogP contribution in [0.4, 0.5) is 0 Å². The van der Waals surface area contributed by atoms with Crippen molar-refractivity contribution in [3.05, 3.63) is 59.9 Å². The lowest BCUT2D eigenvalue weighted by Gasteiger charge is -2.13. The molecule has 1 aliphatic carbocycles. The minimum atomic E-state index is -0.252. The second-order valence-electron chi connectivity index (χ2n) is 5.90. The summed E-state index contributed by atoms with van der Waals surface area (Å²) in [5.74, 6) is 0.560. The molecule has 0 unspecified atom stereocenters. The number of hydrogen-bond acceptors (Lipinski definition) is 4. The van der Waals surface area contributed by atoms with Crippen LogP contribution in [0.2, 0.25) is 0 Å². The second kappa shape index (κ2) is 7.73. The normalized spacial score (nSPS) is 15.3. The zero-order chi connectivity index (χ0) is 16.8. The first kappa shape index (κ1) is 16.2. The highest BCUT2D eigenvalue weighted by molar-refractivity contribution is 5.99. The van der Waals surface area contributed by atoms with E-state index in [-0.39, 0.29) is 5.91 Å². The van der Waals surface area contributed by atoms with E-state index in [9.17, 15) is 4.79 Å². The fourth-order valence-corrected chi connectivity index (χ4v) is 2.72. The summed E-state index contributed by atoms with van der Waals surface area (Å²) >= 11 is 0. The van der Waals surface area contributed by atoms with Crippen LogP contribution >= 0.6 is 0 Å². The molecule has 1 N–H and O–H groups in total. The number of amides is 1. The van der Waals surface area contributed by atoms with E-state index in [0.29, 0.717) is 17.4 Å². The van der Waals surface area contributed by atoms with E-state index in [0.717, 1.165) is 24.3 Å². The number of nitrogens with zero attached hydrogens (tertiary/aromatic N) is 2. The summed E-state index contributed by atoms with van der Waals surface area (Å²) < 4.78 is 5.90. The average Bonchev–Trinajstić information content (AvgIpc) is 3.14. The Morgan fingerprint density at radius 2 is 1.92 bits per heavy atom. The first-order valence-corrected chi connectivity index (χ1v) is 8.25. The number of hydrogen-bond donors (Lipinski definition) is 1. The molecule has 1 amide bonds. The smallest absolute Gasteiger partial charge is 0.271 e. The Labute approximate surface area is 141 Å². The minimum absolute atomic E-state index is 0.252. The van der Waals surface area contributed by atoms with Gasteiger partial charge in [-0.1, -0.05) is 6.07 Å². The first-order valence-electron chi connectivity index (χ1n) is 8.25. The molecule has 0 bridgehead atoms. The number of aromatic nitrogens is 1. The molecule has 0 saturated heterocycles. The zero-order valence-electron chi connectivity index (χ0n) is 13.7. The fourth-order valence-electron chi connectivity index (χ4n) is 2.72.